The molecule has 2 aromatic carbocycles. The third kappa shape index (κ3) is 5.72. The number of aromatic nitrogens is 1. The highest BCUT2D eigenvalue weighted by atomic mass is 35.5. The van der Waals surface area contributed by atoms with Gasteiger partial charge in [-0.2, -0.15) is 0 Å². The predicted octanol–water partition coefficient (Wildman–Crippen LogP) is 4.11. The predicted molar refractivity (Wildman–Crippen MR) is 137 cm³/mol. The minimum absolute atomic E-state index is 0. The van der Waals surface area contributed by atoms with Gasteiger partial charge >= 0.3 is 0 Å². The lowest BCUT2D eigenvalue weighted by Gasteiger charge is -2.28. The van der Waals surface area contributed by atoms with E-state index in [2.05, 4.69) is 4.90 Å². The van der Waals surface area contributed by atoms with Crippen LogP contribution in [0.4, 0.5) is 5.13 Å². The van der Waals surface area contributed by atoms with E-state index < -0.39 is 0 Å². The number of carbonyl (C=O) groups excluding carboxylic acids is 1. The average molecular weight is 508 g/mol. The highest BCUT2D eigenvalue weighted by molar-refractivity contribution is 7.22. The number of fused-ring (bicyclic) bond motifs is 1. The molecule has 0 aliphatic carbocycles. The number of hydrogen-bond acceptors (Lipinski definition) is 8. The van der Waals surface area contributed by atoms with Gasteiger partial charge in [-0.3, -0.25) is 14.6 Å². The molecule has 1 aromatic heterocycles. The summed E-state index contributed by atoms with van der Waals surface area (Å²) >= 11 is 1.52. The largest absolute Gasteiger partial charge is 0.493 e. The van der Waals surface area contributed by atoms with E-state index in [0.717, 1.165) is 49.5 Å². The topological polar surface area (TPSA) is 73.4 Å². The van der Waals surface area contributed by atoms with Crippen LogP contribution in [-0.4, -0.2) is 76.5 Å². The zero-order valence-electron chi connectivity index (χ0n) is 19.6. The molecule has 0 unspecified atom stereocenters. The van der Waals surface area contributed by atoms with Gasteiger partial charge in [0.05, 0.1) is 44.8 Å². The van der Waals surface area contributed by atoms with E-state index in [9.17, 15) is 4.79 Å². The smallest absolute Gasteiger partial charge is 0.260 e. The maximum absolute atomic E-state index is 13.7. The summed E-state index contributed by atoms with van der Waals surface area (Å²) in [5.41, 5.74) is 1.34. The van der Waals surface area contributed by atoms with Crippen LogP contribution in [0.5, 0.6) is 17.2 Å². The standard InChI is InChI=1S/C24H29N3O5S.ClH/c1-29-19-15-17(16-20(30-2)22(19)31-3)23(28)27(10-6-9-26-11-13-32-14-12-26)24-25-18-7-4-5-8-21(18)33-24;/h4-5,7-8,15-16H,6,9-14H2,1-3H3;1H. The van der Waals surface area contributed by atoms with Crippen molar-refractivity contribution in [2.45, 2.75) is 6.42 Å². The highest BCUT2D eigenvalue weighted by Crippen LogP contribution is 2.39. The second-order valence-corrected chi connectivity index (χ2v) is 8.65. The number of hydrogen-bond donors (Lipinski definition) is 0. The van der Waals surface area contributed by atoms with Crippen molar-refractivity contribution in [2.75, 3.05) is 65.6 Å². The van der Waals surface area contributed by atoms with Crippen molar-refractivity contribution in [1.82, 2.24) is 9.88 Å². The Hall–Kier alpha value is -2.59. The van der Waals surface area contributed by atoms with Crippen LogP contribution >= 0.6 is 23.7 Å². The van der Waals surface area contributed by atoms with Gasteiger partial charge in [-0.1, -0.05) is 23.5 Å². The number of anilines is 1. The highest BCUT2D eigenvalue weighted by Gasteiger charge is 2.25. The Kier molecular flexibility index (Phi) is 9.35. The number of halogens is 1. The second-order valence-electron chi connectivity index (χ2n) is 7.64. The summed E-state index contributed by atoms with van der Waals surface area (Å²) in [5.74, 6) is 1.18. The number of para-hydroxylation sites is 1. The van der Waals surface area contributed by atoms with Gasteiger partial charge in [0.25, 0.3) is 5.91 Å². The summed E-state index contributed by atoms with van der Waals surface area (Å²) in [6.07, 6.45) is 0.825. The molecule has 1 fully saturated rings. The zero-order valence-corrected chi connectivity index (χ0v) is 21.2. The van der Waals surface area contributed by atoms with E-state index in [1.807, 2.05) is 24.3 Å². The Balaban J connectivity index is 0.00000324. The molecule has 1 aliphatic heterocycles. The Morgan fingerprint density at radius 3 is 2.38 bits per heavy atom. The molecule has 1 saturated heterocycles. The lowest BCUT2D eigenvalue weighted by Crippen LogP contribution is -2.39. The number of morpholine rings is 1. The Morgan fingerprint density at radius 1 is 1.09 bits per heavy atom. The van der Waals surface area contributed by atoms with Crippen molar-refractivity contribution in [1.29, 1.82) is 0 Å². The zero-order chi connectivity index (χ0) is 23.2. The van der Waals surface area contributed by atoms with Crippen molar-refractivity contribution in [3.63, 3.8) is 0 Å². The molecule has 0 atom stereocenters. The molecule has 0 spiro atoms. The van der Waals surface area contributed by atoms with E-state index in [0.29, 0.717) is 34.5 Å². The molecule has 4 rings (SSSR count). The molecule has 2 heterocycles. The fourth-order valence-corrected chi connectivity index (χ4v) is 4.89. The number of nitrogens with zero attached hydrogens (tertiary/aromatic N) is 3. The maximum atomic E-state index is 13.7. The first-order valence-corrected chi connectivity index (χ1v) is 11.7. The van der Waals surface area contributed by atoms with Crippen LogP contribution in [-0.2, 0) is 4.74 Å². The SMILES string of the molecule is COc1cc(C(=O)N(CCCN2CCOCC2)c2nc3ccccc3s2)cc(OC)c1OC.Cl. The van der Waals surface area contributed by atoms with Gasteiger partial charge in [-0.25, -0.2) is 4.98 Å². The summed E-state index contributed by atoms with van der Waals surface area (Å²) in [6.45, 7) is 4.79. The van der Waals surface area contributed by atoms with Gasteiger partial charge in [-0.05, 0) is 30.7 Å². The first-order valence-electron chi connectivity index (χ1n) is 10.9. The van der Waals surface area contributed by atoms with Crippen LogP contribution in [0.3, 0.4) is 0 Å². The van der Waals surface area contributed by atoms with Gasteiger partial charge in [0, 0.05) is 31.7 Å². The van der Waals surface area contributed by atoms with Gasteiger partial charge in [0.1, 0.15) is 0 Å². The van der Waals surface area contributed by atoms with Crippen LogP contribution in [0.25, 0.3) is 10.2 Å². The fraction of sp³-hybridized carbons (Fsp3) is 0.417. The lowest BCUT2D eigenvalue weighted by atomic mass is 10.1. The molecule has 0 saturated carbocycles. The number of ether oxygens (including phenoxy) is 4. The number of rotatable bonds is 9. The Bertz CT molecular complexity index is 1050. The monoisotopic (exact) mass is 507 g/mol. The van der Waals surface area contributed by atoms with E-state index in [1.54, 1.807) is 38.4 Å². The number of amides is 1. The second kappa shape index (κ2) is 12.2. The quantitative estimate of drug-likeness (QED) is 0.431. The first kappa shape index (κ1) is 26.0. The first-order chi connectivity index (χ1) is 16.1. The molecule has 0 bridgehead atoms. The van der Waals surface area contributed by atoms with Crippen LogP contribution in [0.15, 0.2) is 36.4 Å². The minimum atomic E-state index is -0.157. The summed E-state index contributed by atoms with van der Waals surface area (Å²) in [7, 11) is 4.62. The Labute approximate surface area is 209 Å². The minimum Gasteiger partial charge on any atom is -0.493 e. The van der Waals surface area contributed by atoms with Crippen molar-refractivity contribution < 1.29 is 23.7 Å². The molecule has 0 radical (unpaired) electrons. The molecule has 3 aromatic rings. The molecule has 10 heteroatoms. The van der Waals surface area contributed by atoms with Crippen LogP contribution in [0.2, 0.25) is 0 Å². The molecule has 0 N–H and O–H groups in total. The van der Waals surface area contributed by atoms with Gasteiger partial charge in [-0.15, -0.1) is 12.4 Å². The number of benzene rings is 2. The van der Waals surface area contributed by atoms with E-state index in [4.69, 9.17) is 23.9 Å². The molecule has 184 valence electrons. The van der Waals surface area contributed by atoms with E-state index in [-0.39, 0.29) is 18.3 Å². The summed E-state index contributed by atoms with van der Waals surface area (Å²) in [4.78, 5) is 22.6. The molecule has 1 aliphatic rings. The van der Waals surface area contributed by atoms with Gasteiger partial charge < -0.3 is 18.9 Å². The number of carbonyl (C=O) groups is 1. The maximum Gasteiger partial charge on any atom is 0.260 e. The van der Waals surface area contributed by atoms with E-state index in [1.165, 1.54) is 11.3 Å². The lowest BCUT2D eigenvalue weighted by molar-refractivity contribution is 0.0376. The molecule has 34 heavy (non-hydrogen) atoms. The van der Waals surface area contributed by atoms with Crippen molar-refractivity contribution in [2.24, 2.45) is 0 Å². The van der Waals surface area contributed by atoms with Gasteiger partial charge in [0.2, 0.25) is 5.75 Å². The fourth-order valence-electron chi connectivity index (χ4n) is 3.90. The average Bonchev–Trinajstić information content (AvgIpc) is 3.29. The number of thiazole rings is 1. The van der Waals surface area contributed by atoms with Crippen molar-refractivity contribution >= 4 is 45.0 Å². The summed E-state index contributed by atoms with van der Waals surface area (Å²) in [5, 5.41) is 0.678. The number of methoxy groups -OCH3 is 3. The molecule has 1 amide bonds. The van der Waals surface area contributed by atoms with Crippen LogP contribution in [0, 0.1) is 0 Å². The van der Waals surface area contributed by atoms with Crippen LogP contribution < -0.4 is 19.1 Å². The summed E-state index contributed by atoms with van der Waals surface area (Å²) in [6, 6.07) is 11.3. The van der Waals surface area contributed by atoms with Gasteiger partial charge in [0.15, 0.2) is 16.6 Å². The third-order valence-electron chi connectivity index (χ3n) is 5.63. The summed E-state index contributed by atoms with van der Waals surface area (Å²) < 4.78 is 22.8. The van der Waals surface area contributed by atoms with Crippen LogP contribution in [0.1, 0.15) is 16.8 Å². The van der Waals surface area contributed by atoms with Crippen molar-refractivity contribution in [3.05, 3.63) is 42.0 Å². The third-order valence-corrected chi connectivity index (χ3v) is 6.69. The van der Waals surface area contributed by atoms with E-state index >= 15 is 0 Å². The molecule has 8 nitrogen and oxygen atoms in total. The van der Waals surface area contributed by atoms with Crippen molar-refractivity contribution in [3.8, 4) is 17.2 Å². The molecular formula is C24H30ClN3O5S. The molecular weight excluding hydrogens is 478 g/mol. The normalized spacial score (nSPS) is 13.9. The Morgan fingerprint density at radius 2 is 1.76 bits per heavy atom.